The van der Waals surface area contributed by atoms with Gasteiger partial charge < -0.3 is 9.52 Å². The molecule has 0 amide bonds. The van der Waals surface area contributed by atoms with Gasteiger partial charge in [-0.2, -0.15) is 0 Å². The van der Waals surface area contributed by atoms with Crippen LogP contribution in [0.15, 0.2) is 76.0 Å². The molecular formula is C17H13NO5S. The lowest BCUT2D eigenvalue weighted by Gasteiger charge is -2.09. The Morgan fingerprint density at radius 3 is 2.38 bits per heavy atom. The average Bonchev–Trinajstić information content (AvgIpc) is 3.06. The zero-order valence-electron chi connectivity index (χ0n) is 12.3. The number of sulfonamides is 1. The molecule has 0 saturated heterocycles. The lowest BCUT2D eigenvalue weighted by atomic mass is 10.1. The Balaban J connectivity index is 1.89. The first-order valence-electron chi connectivity index (χ1n) is 6.97. The minimum atomic E-state index is -3.70. The van der Waals surface area contributed by atoms with Crippen LogP contribution in [-0.2, 0) is 10.0 Å². The standard InChI is InChI=1S/C17H13NO5S/c19-17(20)16-10-9-15(23-16)12-5-4-6-13(11-12)18-24(21,22)14-7-2-1-3-8-14/h1-11,18H,(H,19,20). The molecule has 0 spiro atoms. The van der Waals surface area contributed by atoms with Gasteiger partial charge in [0.15, 0.2) is 0 Å². The number of carboxylic acids is 1. The van der Waals surface area contributed by atoms with Gasteiger partial charge in [0.1, 0.15) is 5.76 Å². The van der Waals surface area contributed by atoms with E-state index < -0.39 is 16.0 Å². The summed E-state index contributed by atoms with van der Waals surface area (Å²) in [6.45, 7) is 0. The van der Waals surface area contributed by atoms with Crippen molar-refractivity contribution in [3.63, 3.8) is 0 Å². The molecule has 0 atom stereocenters. The maximum atomic E-state index is 12.3. The molecule has 3 rings (SSSR count). The lowest BCUT2D eigenvalue weighted by molar-refractivity contribution is 0.0663. The fourth-order valence-corrected chi connectivity index (χ4v) is 3.23. The van der Waals surface area contributed by atoms with Gasteiger partial charge in [0.2, 0.25) is 5.76 Å². The van der Waals surface area contributed by atoms with Crippen LogP contribution in [0.2, 0.25) is 0 Å². The molecule has 0 aliphatic rings. The van der Waals surface area contributed by atoms with Crippen LogP contribution < -0.4 is 4.72 Å². The van der Waals surface area contributed by atoms with Gasteiger partial charge in [-0.25, -0.2) is 13.2 Å². The number of benzene rings is 2. The molecule has 1 aromatic heterocycles. The summed E-state index contributed by atoms with van der Waals surface area (Å²) in [5.74, 6) is -1.00. The zero-order valence-corrected chi connectivity index (χ0v) is 13.2. The van der Waals surface area contributed by atoms with Gasteiger partial charge in [-0.3, -0.25) is 4.72 Å². The van der Waals surface area contributed by atoms with Gasteiger partial charge in [-0.05, 0) is 36.4 Å². The summed E-state index contributed by atoms with van der Waals surface area (Å²) in [6, 6.07) is 17.4. The number of nitrogens with one attached hydrogen (secondary N) is 1. The number of hydrogen-bond donors (Lipinski definition) is 2. The summed E-state index contributed by atoms with van der Waals surface area (Å²) < 4.78 is 32.4. The highest BCUT2D eigenvalue weighted by atomic mass is 32.2. The second kappa shape index (κ2) is 6.21. The molecule has 0 unspecified atom stereocenters. The molecule has 24 heavy (non-hydrogen) atoms. The van der Waals surface area contributed by atoms with E-state index >= 15 is 0 Å². The number of rotatable bonds is 5. The normalized spacial score (nSPS) is 11.2. The summed E-state index contributed by atoms with van der Waals surface area (Å²) in [4.78, 5) is 11.0. The van der Waals surface area contributed by atoms with Crippen molar-refractivity contribution in [1.29, 1.82) is 0 Å². The van der Waals surface area contributed by atoms with Crippen LogP contribution in [0.4, 0.5) is 5.69 Å². The second-order valence-corrected chi connectivity index (χ2v) is 6.65. The number of anilines is 1. The van der Waals surface area contributed by atoms with E-state index in [4.69, 9.17) is 9.52 Å². The van der Waals surface area contributed by atoms with Gasteiger partial charge >= 0.3 is 5.97 Å². The Kier molecular flexibility index (Phi) is 4.09. The number of aromatic carboxylic acids is 1. The lowest BCUT2D eigenvalue weighted by Crippen LogP contribution is -2.12. The summed E-state index contributed by atoms with van der Waals surface area (Å²) >= 11 is 0. The van der Waals surface area contributed by atoms with Crippen molar-refractivity contribution in [2.24, 2.45) is 0 Å². The maximum Gasteiger partial charge on any atom is 0.371 e. The molecular weight excluding hydrogens is 330 g/mol. The second-order valence-electron chi connectivity index (χ2n) is 4.97. The summed E-state index contributed by atoms with van der Waals surface area (Å²) in [5.41, 5.74) is 0.917. The first-order chi connectivity index (χ1) is 11.5. The number of hydrogen-bond acceptors (Lipinski definition) is 4. The maximum absolute atomic E-state index is 12.3. The summed E-state index contributed by atoms with van der Waals surface area (Å²) in [5, 5.41) is 8.89. The minimum Gasteiger partial charge on any atom is -0.475 e. The van der Waals surface area contributed by atoms with Crippen molar-refractivity contribution in [2.75, 3.05) is 4.72 Å². The quantitative estimate of drug-likeness (QED) is 0.739. The van der Waals surface area contributed by atoms with Crippen LogP contribution in [0.25, 0.3) is 11.3 Å². The molecule has 2 N–H and O–H groups in total. The van der Waals surface area contributed by atoms with Crippen LogP contribution in [0.3, 0.4) is 0 Å². The Bertz CT molecular complexity index is 977. The summed E-state index contributed by atoms with van der Waals surface area (Å²) in [7, 11) is -3.70. The Labute approximate surface area is 138 Å². The molecule has 0 bridgehead atoms. The molecule has 1 heterocycles. The first-order valence-corrected chi connectivity index (χ1v) is 8.45. The van der Waals surface area contributed by atoms with Crippen LogP contribution in [-0.4, -0.2) is 19.5 Å². The van der Waals surface area contributed by atoms with Crippen molar-refractivity contribution in [1.82, 2.24) is 0 Å². The predicted molar refractivity (Wildman–Crippen MR) is 88.4 cm³/mol. The fourth-order valence-electron chi connectivity index (χ4n) is 2.16. The van der Waals surface area contributed by atoms with E-state index in [2.05, 4.69) is 4.72 Å². The monoisotopic (exact) mass is 343 g/mol. The van der Waals surface area contributed by atoms with E-state index in [1.807, 2.05) is 0 Å². The third kappa shape index (κ3) is 3.31. The van der Waals surface area contributed by atoms with Gasteiger partial charge in [0.05, 0.1) is 4.90 Å². The Morgan fingerprint density at radius 2 is 1.71 bits per heavy atom. The van der Waals surface area contributed by atoms with E-state index in [9.17, 15) is 13.2 Å². The summed E-state index contributed by atoms with van der Waals surface area (Å²) in [6.07, 6.45) is 0. The zero-order chi connectivity index (χ0) is 17.2. The van der Waals surface area contributed by atoms with Crippen molar-refractivity contribution >= 4 is 21.7 Å². The topological polar surface area (TPSA) is 96.6 Å². The van der Waals surface area contributed by atoms with Crippen molar-refractivity contribution in [2.45, 2.75) is 4.90 Å². The third-order valence-electron chi connectivity index (χ3n) is 3.27. The van der Waals surface area contributed by atoms with Crippen LogP contribution in [0, 0.1) is 0 Å². The van der Waals surface area contributed by atoms with Crippen LogP contribution >= 0.6 is 0 Å². The van der Waals surface area contributed by atoms with E-state index in [-0.39, 0.29) is 10.7 Å². The van der Waals surface area contributed by atoms with Gasteiger partial charge in [0.25, 0.3) is 10.0 Å². The molecule has 0 aliphatic heterocycles. The average molecular weight is 343 g/mol. The van der Waals surface area contributed by atoms with E-state index in [0.717, 1.165) is 0 Å². The molecule has 3 aromatic rings. The molecule has 122 valence electrons. The molecule has 2 aromatic carbocycles. The van der Waals surface area contributed by atoms with Gasteiger partial charge in [-0.1, -0.05) is 30.3 Å². The van der Waals surface area contributed by atoms with E-state index in [1.165, 1.54) is 24.3 Å². The van der Waals surface area contributed by atoms with Crippen molar-refractivity contribution in [3.05, 3.63) is 72.5 Å². The minimum absolute atomic E-state index is 0.154. The van der Waals surface area contributed by atoms with Crippen molar-refractivity contribution in [3.8, 4) is 11.3 Å². The third-order valence-corrected chi connectivity index (χ3v) is 4.67. The van der Waals surface area contributed by atoms with Crippen LogP contribution in [0.1, 0.15) is 10.6 Å². The predicted octanol–water partition coefficient (Wildman–Crippen LogP) is 3.45. The molecule has 0 aliphatic carbocycles. The molecule has 0 saturated carbocycles. The highest BCUT2D eigenvalue weighted by molar-refractivity contribution is 7.92. The fraction of sp³-hybridized carbons (Fsp3) is 0. The molecule has 7 heteroatoms. The Morgan fingerprint density at radius 1 is 0.958 bits per heavy atom. The van der Waals surface area contributed by atoms with Crippen molar-refractivity contribution < 1.29 is 22.7 Å². The molecule has 0 fully saturated rings. The first kappa shape index (κ1) is 15.8. The largest absolute Gasteiger partial charge is 0.475 e. The van der Waals surface area contributed by atoms with Gasteiger partial charge in [-0.15, -0.1) is 0 Å². The van der Waals surface area contributed by atoms with Crippen LogP contribution in [0.5, 0.6) is 0 Å². The van der Waals surface area contributed by atoms with E-state index in [1.54, 1.807) is 42.5 Å². The van der Waals surface area contributed by atoms with Gasteiger partial charge in [0, 0.05) is 11.3 Å². The highest BCUT2D eigenvalue weighted by Gasteiger charge is 2.15. The van der Waals surface area contributed by atoms with E-state index in [0.29, 0.717) is 17.0 Å². The molecule has 0 radical (unpaired) electrons. The SMILES string of the molecule is O=C(O)c1ccc(-c2cccc(NS(=O)(=O)c3ccccc3)c2)o1. The Hall–Kier alpha value is -3.06. The number of carboxylic acid groups (broad SMARTS) is 1. The number of furan rings is 1. The smallest absolute Gasteiger partial charge is 0.371 e. The number of carbonyl (C=O) groups is 1. The molecule has 6 nitrogen and oxygen atoms in total. The highest BCUT2D eigenvalue weighted by Crippen LogP contribution is 2.26.